The fraction of sp³-hybridized carbons (Fsp3) is 0.0769. The van der Waals surface area contributed by atoms with Crippen molar-refractivity contribution in [3.8, 4) is 0 Å². The number of aromatic amines is 1. The van der Waals surface area contributed by atoms with Crippen molar-refractivity contribution in [2.75, 3.05) is 0 Å². The first-order valence-corrected chi connectivity index (χ1v) is 6.27. The van der Waals surface area contributed by atoms with Crippen LogP contribution in [-0.4, -0.2) is 30.8 Å². The normalized spacial score (nSPS) is 12.4. The van der Waals surface area contributed by atoms with Crippen molar-refractivity contribution in [3.63, 3.8) is 0 Å². The largest absolute Gasteiger partial charge is 0.479 e. The molecule has 1 atom stereocenters. The summed E-state index contributed by atoms with van der Waals surface area (Å²) in [6.07, 6.45) is 2.97. The molecule has 6 nitrogen and oxygen atoms in total. The summed E-state index contributed by atoms with van der Waals surface area (Å²) in [5, 5.41) is 16.7. The summed E-state index contributed by atoms with van der Waals surface area (Å²) in [7, 11) is 0. The van der Waals surface area contributed by atoms with Gasteiger partial charge in [0.05, 0.1) is 17.9 Å². The van der Waals surface area contributed by atoms with E-state index in [1.54, 1.807) is 30.5 Å². The van der Waals surface area contributed by atoms with Gasteiger partial charge in [0.2, 0.25) is 0 Å². The minimum absolute atomic E-state index is 0.389. The van der Waals surface area contributed by atoms with Crippen LogP contribution < -0.4 is 0 Å². The Balaban J connectivity index is 2.23. The molecule has 0 bridgehead atoms. The second kappa shape index (κ2) is 4.86. The summed E-state index contributed by atoms with van der Waals surface area (Å²) in [5.41, 5.74) is 1.18. The van der Waals surface area contributed by atoms with Gasteiger partial charge in [-0.25, -0.2) is 9.78 Å². The number of hydrogen-bond donors (Lipinski definition) is 2. The molecule has 3 aromatic rings. The van der Waals surface area contributed by atoms with Gasteiger partial charge in [-0.2, -0.15) is 5.10 Å². The average molecular weight is 286 g/mol. The van der Waals surface area contributed by atoms with Gasteiger partial charge in [-0.05, 0) is 5.56 Å². The van der Waals surface area contributed by atoms with Crippen molar-refractivity contribution in [1.82, 2.24) is 19.7 Å². The number of fused-ring (bicyclic) bond motifs is 1. The smallest absolute Gasteiger partial charge is 0.331 e. The topological polar surface area (TPSA) is 83.8 Å². The molecule has 2 heterocycles. The van der Waals surface area contributed by atoms with Gasteiger partial charge in [-0.1, -0.05) is 42.5 Å². The SMILES string of the molecule is O=C(O)[C@H](c1ccccc1)n1cnc2[nH]ncc2c1=S. The molecule has 0 radical (unpaired) electrons. The van der Waals surface area contributed by atoms with Crippen LogP contribution in [0.4, 0.5) is 0 Å². The number of carbonyl (C=O) groups is 1. The lowest BCUT2D eigenvalue weighted by atomic mass is 10.1. The third-order valence-electron chi connectivity index (χ3n) is 3.02. The number of nitrogens with one attached hydrogen (secondary N) is 1. The van der Waals surface area contributed by atoms with E-state index >= 15 is 0 Å². The van der Waals surface area contributed by atoms with Gasteiger partial charge in [-0.3, -0.25) is 5.10 Å². The summed E-state index contributed by atoms with van der Waals surface area (Å²) >= 11 is 5.34. The number of aromatic nitrogens is 4. The fourth-order valence-corrected chi connectivity index (χ4v) is 2.39. The van der Waals surface area contributed by atoms with E-state index in [9.17, 15) is 9.90 Å². The first-order chi connectivity index (χ1) is 9.68. The lowest BCUT2D eigenvalue weighted by Crippen LogP contribution is -2.21. The highest BCUT2D eigenvalue weighted by atomic mass is 32.1. The molecule has 1 aromatic carbocycles. The first kappa shape index (κ1) is 12.5. The van der Waals surface area contributed by atoms with Gasteiger partial charge >= 0.3 is 5.97 Å². The second-order valence-corrected chi connectivity index (χ2v) is 4.63. The molecule has 2 aromatic heterocycles. The third kappa shape index (κ3) is 1.97. The van der Waals surface area contributed by atoms with Crippen molar-refractivity contribution in [2.24, 2.45) is 0 Å². The molecule has 0 spiro atoms. The number of H-pyrrole nitrogens is 1. The Hall–Kier alpha value is -2.54. The number of carboxylic acids is 1. The zero-order valence-electron chi connectivity index (χ0n) is 10.2. The Bertz CT molecular complexity index is 825. The molecule has 0 fully saturated rings. The van der Waals surface area contributed by atoms with Crippen LogP contribution in [0.2, 0.25) is 0 Å². The molecule has 100 valence electrons. The van der Waals surface area contributed by atoms with Crippen molar-refractivity contribution in [1.29, 1.82) is 0 Å². The maximum atomic E-state index is 11.6. The average Bonchev–Trinajstić information content (AvgIpc) is 2.92. The van der Waals surface area contributed by atoms with Crippen LogP contribution in [0.25, 0.3) is 11.0 Å². The highest BCUT2D eigenvalue weighted by Gasteiger charge is 2.22. The molecule has 0 aliphatic rings. The second-order valence-electron chi connectivity index (χ2n) is 4.24. The first-order valence-electron chi connectivity index (χ1n) is 5.86. The quantitative estimate of drug-likeness (QED) is 0.721. The summed E-state index contributed by atoms with van der Waals surface area (Å²) in [4.78, 5) is 15.8. The Labute approximate surface area is 118 Å². The van der Waals surface area contributed by atoms with E-state index in [4.69, 9.17) is 12.2 Å². The number of nitrogens with zero attached hydrogens (tertiary/aromatic N) is 3. The fourth-order valence-electron chi connectivity index (χ4n) is 2.09. The zero-order valence-corrected chi connectivity index (χ0v) is 11.0. The molecule has 0 saturated heterocycles. The van der Waals surface area contributed by atoms with Crippen molar-refractivity contribution < 1.29 is 9.90 Å². The van der Waals surface area contributed by atoms with Crippen molar-refractivity contribution in [2.45, 2.75) is 6.04 Å². The maximum Gasteiger partial charge on any atom is 0.331 e. The van der Waals surface area contributed by atoms with Gasteiger partial charge in [0.1, 0.15) is 4.64 Å². The van der Waals surface area contributed by atoms with Gasteiger partial charge in [0.15, 0.2) is 11.7 Å². The van der Waals surface area contributed by atoms with E-state index in [0.29, 0.717) is 21.2 Å². The Morgan fingerprint density at radius 3 is 2.80 bits per heavy atom. The summed E-state index contributed by atoms with van der Waals surface area (Å²) in [6.45, 7) is 0. The highest BCUT2D eigenvalue weighted by molar-refractivity contribution is 7.71. The Kier molecular flexibility index (Phi) is 3.03. The van der Waals surface area contributed by atoms with Gasteiger partial charge in [-0.15, -0.1) is 0 Å². The predicted octanol–water partition coefficient (Wildman–Crippen LogP) is 2.16. The number of carboxylic acid groups (broad SMARTS) is 1. The van der Waals surface area contributed by atoms with Crippen LogP contribution in [0.15, 0.2) is 42.9 Å². The van der Waals surface area contributed by atoms with Gasteiger partial charge < -0.3 is 9.67 Å². The molecule has 0 aliphatic heterocycles. The standard InChI is InChI=1S/C13H10N4O2S/c18-13(19)10(8-4-2-1-3-5-8)17-7-14-11-9(12(17)20)6-15-16-11/h1-7,10H,(H,15,16)(H,18,19)/t10-/m0/s1. The van der Waals surface area contributed by atoms with Crippen LogP contribution >= 0.6 is 12.2 Å². The summed E-state index contributed by atoms with van der Waals surface area (Å²) in [5.74, 6) is -0.989. The van der Waals surface area contributed by atoms with Crippen LogP contribution in [-0.2, 0) is 4.79 Å². The Morgan fingerprint density at radius 2 is 2.10 bits per heavy atom. The molecule has 3 rings (SSSR count). The van der Waals surface area contributed by atoms with Crippen molar-refractivity contribution in [3.05, 3.63) is 53.1 Å². The van der Waals surface area contributed by atoms with Crippen LogP contribution in [0.1, 0.15) is 11.6 Å². The molecule has 0 aliphatic carbocycles. The minimum atomic E-state index is -0.989. The van der Waals surface area contributed by atoms with Gasteiger partial charge in [0, 0.05) is 0 Å². The molecule has 0 saturated carbocycles. The molecule has 0 unspecified atom stereocenters. The number of hydrogen-bond acceptors (Lipinski definition) is 4. The number of aliphatic carboxylic acids is 1. The molecular formula is C13H10N4O2S. The molecule has 0 amide bonds. The number of benzene rings is 1. The molecule has 2 N–H and O–H groups in total. The van der Waals surface area contributed by atoms with Crippen LogP contribution in [0, 0.1) is 4.64 Å². The Morgan fingerprint density at radius 1 is 1.35 bits per heavy atom. The minimum Gasteiger partial charge on any atom is -0.479 e. The van der Waals surface area contributed by atoms with E-state index in [0.717, 1.165) is 0 Å². The third-order valence-corrected chi connectivity index (χ3v) is 3.45. The van der Waals surface area contributed by atoms with Gasteiger partial charge in [0.25, 0.3) is 0 Å². The highest BCUT2D eigenvalue weighted by Crippen LogP contribution is 2.21. The van der Waals surface area contributed by atoms with E-state index < -0.39 is 12.0 Å². The number of rotatable bonds is 3. The monoisotopic (exact) mass is 286 g/mol. The van der Waals surface area contributed by atoms with E-state index in [-0.39, 0.29) is 0 Å². The van der Waals surface area contributed by atoms with Crippen LogP contribution in [0.3, 0.4) is 0 Å². The zero-order chi connectivity index (χ0) is 14.1. The molecule has 7 heteroatoms. The lowest BCUT2D eigenvalue weighted by Gasteiger charge is -2.16. The summed E-state index contributed by atoms with van der Waals surface area (Å²) < 4.78 is 1.85. The molecular weight excluding hydrogens is 276 g/mol. The summed E-state index contributed by atoms with van der Waals surface area (Å²) in [6, 6.07) is 8.01. The van der Waals surface area contributed by atoms with Crippen molar-refractivity contribution >= 4 is 29.2 Å². The molecule has 20 heavy (non-hydrogen) atoms. The van der Waals surface area contributed by atoms with E-state index in [2.05, 4.69) is 15.2 Å². The van der Waals surface area contributed by atoms with Crippen LogP contribution in [0.5, 0.6) is 0 Å². The lowest BCUT2D eigenvalue weighted by molar-refractivity contribution is -0.139. The van der Waals surface area contributed by atoms with E-state index in [1.165, 1.54) is 10.9 Å². The maximum absolute atomic E-state index is 11.6. The van der Waals surface area contributed by atoms with E-state index in [1.807, 2.05) is 6.07 Å². The predicted molar refractivity (Wildman–Crippen MR) is 74.9 cm³/mol.